The number of fused-ring (bicyclic) bond motifs is 1. The summed E-state index contributed by atoms with van der Waals surface area (Å²) in [6.07, 6.45) is 52.3. The molecule has 4 nitrogen and oxygen atoms in total. The predicted octanol–water partition coefficient (Wildman–Crippen LogP) is 21.3. The molecule has 0 N–H and O–H groups in total. The third kappa shape index (κ3) is 30.7. The van der Waals surface area contributed by atoms with Crippen molar-refractivity contribution in [1.29, 1.82) is 0 Å². The van der Waals surface area contributed by atoms with Crippen LogP contribution in [0.3, 0.4) is 0 Å². The maximum atomic E-state index is 6.63. The minimum Gasteiger partial charge on any atom is -0.493 e. The Bertz CT molecular complexity index is 1330. The molecule has 0 spiro atoms. The molecule has 66 heavy (non-hydrogen) atoms. The van der Waals surface area contributed by atoms with E-state index >= 15 is 0 Å². The van der Waals surface area contributed by atoms with Gasteiger partial charge in [0.25, 0.3) is 0 Å². The average Bonchev–Trinajstić information content (AvgIpc) is 3.32. The molecule has 0 aliphatic carbocycles. The van der Waals surface area contributed by atoms with Gasteiger partial charge < -0.3 is 18.9 Å². The van der Waals surface area contributed by atoms with Gasteiger partial charge in [-0.05, 0) is 60.7 Å². The number of rotatable bonds is 50. The SMILES string of the molecule is C=C(OCCCCCCCCCCCC)c1cc2cc(C(=C)OCCCCCCCCCCCC)c(OCCCCCCCCCCCC)cc2cc1OCCCCCCCCCCCC. The summed E-state index contributed by atoms with van der Waals surface area (Å²) in [5.41, 5.74) is 1.90. The Morgan fingerprint density at radius 2 is 0.500 bits per heavy atom. The number of hydrogen-bond donors (Lipinski definition) is 0. The van der Waals surface area contributed by atoms with Crippen molar-refractivity contribution >= 4 is 22.3 Å². The monoisotopic (exact) mass is 917 g/mol. The number of ether oxygens (including phenoxy) is 4. The van der Waals surface area contributed by atoms with Crippen LogP contribution >= 0.6 is 0 Å². The first-order chi connectivity index (χ1) is 32.5. The van der Waals surface area contributed by atoms with E-state index in [0.29, 0.717) is 37.9 Å². The van der Waals surface area contributed by atoms with Crippen LogP contribution in [0.15, 0.2) is 37.4 Å². The summed E-state index contributed by atoms with van der Waals surface area (Å²) in [6, 6.07) is 8.82. The van der Waals surface area contributed by atoms with Gasteiger partial charge in [-0.2, -0.15) is 0 Å². The van der Waals surface area contributed by atoms with E-state index in [1.165, 1.54) is 231 Å². The molecular weight excluding hydrogens is 809 g/mol. The zero-order chi connectivity index (χ0) is 47.4. The van der Waals surface area contributed by atoms with Crippen LogP contribution < -0.4 is 9.47 Å². The summed E-state index contributed by atoms with van der Waals surface area (Å²) in [5.74, 6) is 3.11. The van der Waals surface area contributed by atoms with Crippen molar-refractivity contribution in [3.8, 4) is 11.5 Å². The normalized spacial score (nSPS) is 11.4. The Morgan fingerprint density at radius 3 is 0.758 bits per heavy atom. The molecule has 0 saturated carbocycles. The van der Waals surface area contributed by atoms with Crippen molar-refractivity contribution in [3.05, 3.63) is 48.6 Å². The van der Waals surface area contributed by atoms with E-state index in [-0.39, 0.29) is 0 Å². The fourth-order valence-corrected chi connectivity index (χ4v) is 9.25. The first-order valence-corrected chi connectivity index (χ1v) is 29.1. The van der Waals surface area contributed by atoms with Gasteiger partial charge in [-0.3, -0.25) is 0 Å². The lowest BCUT2D eigenvalue weighted by atomic mass is 10.0. The predicted molar refractivity (Wildman–Crippen MR) is 292 cm³/mol. The Labute approximate surface area is 410 Å². The molecule has 0 saturated heterocycles. The minimum absolute atomic E-state index is 0.686. The number of unbranched alkanes of at least 4 members (excludes halogenated alkanes) is 36. The Kier molecular flexibility index (Phi) is 39.3. The second-order valence-corrected chi connectivity index (χ2v) is 20.0. The van der Waals surface area contributed by atoms with Gasteiger partial charge in [-0.15, -0.1) is 0 Å². The molecule has 0 aromatic heterocycles. The third-order valence-corrected chi connectivity index (χ3v) is 13.7. The highest BCUT2D eigenvalue weighted by molar-refractivity contribution is 5.92. The van der Waals surface area contributed by atoms with Gasteiger partial charge in [0.05, 0.1) is 37.6 Å². The highest BCUT2D eigenvalue weighted by atomic mass is 16.5. The quantitative estimate of drug-likeness (QED) is 0.0489. The van der Waals surface area contributed by atoms with Crippen LogP contribution in [0.5, 0.6) is 11.5 Å². The lowest BCUT2D eigenvalue weighted by molar-refractivity contribution is 0.262. The van der Waals surface area contributed by atoms with Crippen LogP contribution in [-0.2, 0) is 9.47 Å². The number of hydrogen-bond acceptors (Lipinski definition) is 4. The Hall–Kier alpha value is -2.62. The molecule has 0 atom stereocenters. The molecule has 0 unspecified atom stereocenters. The molecule has 0 bridgehead atoms. The Morgan fingerprint density at radius 1 is 0.288 bits per heavy atom. The summed E-state index contributed by atoms with van der Waals surface area (Å²) in [4.78, 5) is 0. The smallest absolute Gasteiger partial charge is 0.130 e. The van der Waals surface area contributed by atoms with E-state index in [9.17, 15) is 0 Å². The first kappa shape index (κ1) is 59.5. The molecule has 2 aromatic carbocycles. The van der Waals surface area contributed by atoms with Crippen LogP contribution in [0.1, 0.15) is 296 Å². The third-order valence-electron chi connectivity index (χ3n) is 13.7. The van der Waals surface area contributed by atoms with Crippen molar-refractivity contribution in [2.45, 2.75) is 285 Å². The lowest BCUT2D eigenvalue weighted by Gasteiger charge is -2.19. The van der Waals surface area contributed by atoms with Gasteiger partial charge in [-0.1, -0.05) is 272 Å². The second-order valence-electron chi connectivity index (χ2n) is 20.0. The molecule has 0 aliphatic rings. The van der Waals surface area contributed by atoms with Gasteiger partial charge >= 0.3 is 0 Å². The second kappa shape index (κ2) is 43.6. The molecule has 2 rings (SSSR count). The average molecular weight is 918 g/mol. The van der Waals surface area contributed by atoms with Crippen LogP contribution in [0, 0.1) is 0 Å². The molecule has 2 aromatic rings. The number of benzene rings is 2. The van der Waals surface area contributed by atoms with Crippen LogP contribution in [0.25, 0.3) is 22.3 Å². The molecule has 0 radical (unpaired) electrons. The van der Waals surface area contributed by atoms with Crippen molar-refractivity contribution in [2.75, 3.05) is 26.4 Å². The van der Waals surface area contributed by atoms with Crippen molar-refractivity contribution in [2.24, 2.45) is 0 Å². The molecule has 0 aliphatic heterocycles. The zero-order valence-corrected chi connectivity index (χ0v) is 44.5. The van der Waals surface area contributed by atoms with E-state index in [0.717, 1.165) is 59.1 Å². The molecule has 380 valence electrons. The van der Waals surface area contributed by atoms with Gasteiger partial charge in [-0.25, -0.2) is 0 Å². The summed E-state index contributed by atoms with van der Waals surface area (Å²) in [5, 5.41) is 2.20. The standard InChI is InChI=1S/C62H108O4/c1-7-11-15-19-23-27-31-35-39-43-47-63-55(5)59-51-57-52-60(56(6)64-48-44-40-36-32-28-24-20-16-12-8-2)62(66-50-46-42-38-34-30-26-22-18-14-10-4)54-58(57)53-61(59)65-49-45-41-37-33-29-25-21-17-13-9-3/h51-54H,5-50H2,1-4H3. The fraction of sp³-hybridized carbons (Fsp3) is 0.774. The lowest BCUT2D eigenvalue weighted by Crippen LogP contribution is -2.04. The van der Waals surface area contributed by atoms with E-state index < -0.39 is 0 Å². The Balaban J connectivity index is 2.13. The highest BCUT2D eigenvalue weighted by Crippen LogP contribution is 2.37. The fourth-order valence-electron chi connectivity index (χ4n) is 9.25. The van der Waals surface area contributed by atoms with Crippen molar-refractivity contribution in [1.82, 2.24) is 0 Å². The van der Waals surface area contributed by atoms with Crippen molar-refractivity contribution < 1.29 is 18.9 Å². The topological polar surface area (TPSA) is 36.9 Å². The summed E-state index contributed by atoms with van der Waals surface area (Å²) in [6.45, 7) is 20.9. The van der Waals surface area contributed by atoms with E-state index in [1.54, 1.807) is 0 Å². The van der Waals surface area contributed by atoms with Gasteiger partial charge in [0.15, 0.2) is 0 Å². The van der Waals surface area contributed by atoms with Gasteiger partial charge in [0.2, 0.25) is 0 Å². The van der Waals surface area contributed by atoms with Crippen molar-refractivity contribution in [3.63, 3.8) is 0 Å². The van der Waals surface area contributed by atoms with E-state index in [4.69, 9.17) is 18.9 Å². The summed E-state index contributed by atoms with van der Waals surface area (Å²) >= 11 is 0. The van der Waals surface area contributed by atoms with Crippen LogP contribution in [-0.4, -0.2) is 26.4 Å². The van der Waals surface area contributed by atoms with Crippen LogP contribution in [0.4, 0.5) is 0 Å². The summed E-state index contributed by atoms with van der Waals surface area (Å²) in [7, 11) is 0. The molecule has 0 heterocycles. The molecule has 0 fully saturated rings. The van der Waals surface area contributed by atoms with Gasteiger partial charge in [0, 0.05) is 0 Å². The van der Waals surface area contributed by atoms with Crippen LogP contribution in [0.2, 0.25) is 0 Å². The van der Waals surface area contributed by atoms with E-state index in [1.807, 2.05) is 0 Å². The maximum Gasteiger partial charge on any atom is 0.130 e. The van der Waals surface area contributed by atoms with Gasteiger partial charge in [0.1, 0.15) is 23.0 Å². The largest absolute Gasteiger partial charge is 0.493 e. The van der Waals surface area contributed by atoms with E-state index in [2.05, 4.69) is 65.1 Å². The first-order valence-electron chi connectivity index (χ1n) is 29.1. The highest BCUT2D eigenvalue weighted by Gasteiger charge is 2.17. The molecule has 4 heteroatoms. The minimum atomic E-state index is 0.686. The molecular formula is C62H108O4. The maximum absolute atomic E-state index is 6.63. The molecule has 0 amide bonds. The zero-order valence-electron chi connectivity index (χ0n) is 44.5. The summed E-state index contributed by atoms with van der Waals surface area (Å²) < 4.78 is 26.1.